The first-order chi connectivity index (χ1) is 7.33. The largest absolute Gasteiger partial charge is 0.235 e. The molecule has 0 atom stereocenters. The molecule has 3 rings (SSSR count). The van der Waals surface area contributed by atoms with E-state index in [1.54, 1.807) is 22.7 Å². The third-order valence-electron chi connectivity index (χ3n) is 2.08. The number of rotatable bonds is 1. The predicted octanol–water partition coefficient (Wildman–Crippen LogP) is 4.68. The highest BCUT2D eigenvalue weighted by Crippen LogP contribution is 2.33. The van der Waals surface area contributed by atoms with E-state index in [0.717, 1.165) is 15.5 Å². The van der Waals surface area contributed by atoms with Gasteiger partial charge in [-0.25, -0.2) is 4.98 Å². The molecule has 74 valence electrons. The first-order valence-electron chi connectivity index (χ1n) is 4.43. The lowest BCUT2D eigenvalue weighted by Gasteiger charge is -1.86. The van der Waals surface area contributed by atoms with Crippen molar-refractivity contribution in [1.82, 2.24) is 4.98 Å². The maximum Gasteiger partial charge on any atom is 0.134 e. The Bertz CT molecular complexity index is 598. The second-order valence-electron chi connectivity index (χ2n) is 3.11. The molecule has 0 N–H and O–H groups in total. The van der Waals surface area contributed by atoms with Gasteiger partial charge in [0.25, 0.3) is 0 Å². The van der Waals surface area contributed by atoms with Crippen LogP contribution in [0.3, 0.4) is 0 Å². The average molecular weight is 252 g/mol. The van der Waals surface area contributed by atoms with Gasteiger partial charge in [-0.3, -0.25) is 0 Å². The van der Waals surface area contributed by atoms with E-state index >= 15 is 0 Å². The van der Waals surface area contributed by atoms with Gasteiger partial charge in [0.05, 0.1) is 15.1 Å². The first-order valence-corrected chi connectivity index (χ1v) is 6.50. The molecular weight excluding hydrogens is 246 g/mol. The Morgan fingerprint density at radius 2 is 2.13 bits per heavy atom. The Hall–Kier alpha value is -0.900. The molecule has 3 aromatic rings. The molecule has 0 bridgehead atoms. The second-order valence-corrected chi connectivity index (χ2v) is 5.52. The van der Waals surface area contributed by atoms with Gasteiger partial charge in [0.15, 0.2) is 0 Å². The zero-order valence-corrected chi connectivity index (χ0v) is 9.99. The quantitative estimate of drug-likeness (QED) is 0.612. The Labute approximate surface area is 100.0 Å². The van der Waals surface area contributed by atoms with Crippen LogP contribution in [0.1, 0.15) is 0 Å². The number of benzene rings is 1. The van der Waals surface area contributed by atoms with Crippen molar-refractivity contribution in [1.29, 1.82) is 0 Å². The van der Waals surface area contributed by atoms with Gasteiger partial charge in [-0.2, -0.15) is 0 Å². The van der Waals surface area contributed by atoms with Crippen LogP contribution in [0.15, 0.2) is 35.7 Å². The van der Waals surface area contributed by atoms with E-state index in [-0.39, 0.29) is 0 Å². The molecular formula is C11H6ClNS2. The van der Waals surface area contributed by atoms with Gasteiger partial charge < -0.3 is 0 Å². The third-order valence-corrected chi connectivity index (χ3v) is 4.39. The summed E-state index contributed by atoms with van der Waals surface area (Å²) in [5, 5.41) is 3.88. The molecule has 0 saturated heterocycles. The number of thiophene rings is 1. The van der Waals surface area contributed by atoms with Crippen LogP contribution in [0.25, 0.3) is 20.1 Å². The molecule has 0 radical (unpaired) electrons. The maximum absolute atomic E-state index is 5.92. The van der Waals surface area contributed by atoms with Gasteiger partial charge in [-0.1, -0.05) is 17.7 Å². The highest BCUT2D eigenvalue weighted by atomic mass is 35.5. The molecule has 2 aromatic heterocycles. The highest BCUT2D eigenvalue weighted by molar-refractivity contribution is 7.25. The highest BCUT2D eigenvalue weighted by Gasteiger charge is 2.06. The zero-order chi connectivity index (χ0) is 10.3. The Balaban J connectivity index is 2.22. The maximum atomic E-state index is 5.92. The van der Waals surface area contributed by atoms with Crippen LogP contribution in [-0.2, 0) is 0 Å². The standard InChI is InChI=1S/C11H6ClNS2/c12-7-3-4-9-8(6-7)13-11(15-9)10-2-1-5-14-10/h1-6H. The smallest absolute Gasteiger partial charge is 0.134 e. The minimum atomic E-state index is 0.741. The van der Waals surface area contributed by atoms with E-state index < -0.39 is 0 Å². The molecule has 0 unspecified atom stereocenters. The van der Waals surface area contributed by atoms with Gasteiger partial charge in [0, 0.05) is 5.02 Å². The fraction of sp³-hybridized carbons (Fsp3) is 0. The van der Waals surface area contributed by atoms with Gasteiger partial charge in [0.2, 0.25) is 0 Å². The molecule has 0 aliphatic carbocycles. The first kappa shape index (κ1) is 9.33. The summed E-state index contributed by atoms with van der Waals surface area (Å²) >= 11 is 9.33. The minimum Gasteiger partial charge on any atom is -0.235 e. The van der Waals surface area contributed by atoms with Gasteiger partial charge in [-0.05, 0) is 29.6 Å². The Morgan fingerprint density at radius 1 is 1.20 bits per heavy atom. The fourth-order valence-electron chi connectivity index (χ4n) is 1.41. The van der Waals surface area contributed by atoms with E-state index in [1.165, 1.54) is 9.58 Å². The molecule has 4 heteroatoms. The molecule has 1 nitrogen and oxygen atoms in total. The monoisotopic (exact) mass is 251 g/mol. The van der Waals surface area contributed by atoms with E-state index in [2.05, 4.69) is 16.4 Å². The van der Waals surface area contributed by atoms with Gasteiger partial charge >= 0.3 is 0 Å². The summed E-state index contributed by atoms with van der Waals surface area (Å²) in [6.07, 6.45) is 0. The SMILES string of the molecule is Clc1ccc2sc(-c3cccs3)nc2c1. The van der Waals surface area contributed by atoms with E-state index in [0.29, 0.717) is 0 Å². The van der Waals surface area contributed by atoms with Gasteiger partial charge in [0.1, 0.15) is 5.01 Å². The number of thiazole rings is 1. The molecule has 0 amide bonds. The van der Waals surface area contributed by atoms with Crippen molar-refractivity contribution in [2.45, 2.75) is 0 Å². The summed E-state index contributed by atoms with van der Waals surface area (Å²) < 4.78 is 1.18. The molecule has 0 aliphatic rings. The van der Waals surface area contributed by atoms with Crippen LogP contribution in [0, 0.1) is 0 Å². The molecule has 0 aliphatic heterocycles. The van der Waals surface area contributed by atoms with Crippen molar-refractivity contribution in [2.24, 2.45) is 0 Å². The number of nitrogens with zero attached hydrogens (tertiary/aromatic N) is 1. The van der Waals surface area contributed by atoms with Crippen molar-refractivity contribution in [3.63, 3.8) is 0 Å². The normalized spacial score (nSPS) is 11.0. The summed E-state index contributed by atoms with van der Waals surface area (Å²) in [6.45, 7) is 0. The van der Waals surface area contributed by atoms with E-state index in [1.807, 2.05) is 24.3 Å². The predicted molar refractivity (Wildman–Crippen MR) is 67.9 cm³/mol. The van der Waals surface area contributed by atoms with Crippen LogP contribution >= 0.6 is 34.3 Å². The Morgan fingerprint density at radius 3 is 2.93 bits per heavy atom. The van der Waals surface area contributed by atoms with Crippen molar-refractivity contribution in [2.75, 3.05) is 0 Å². The van der Waals surface area contributed by atoms with Crippen molar-refractivity contribution in [3.05, 3.63) is 40.7 Å². The Kier molecular flexibility index (Phi) is 2.24. The summed E-state index contributed by atoms with van der Waals surface area (Å²) in [6, 6.07) is 9.96. The molecule has 0 spiro atoms. The number of halogens is 1. The van der Waals surface area contributed by atoms with E-state index in [9.17, 15) is 0 Å². The average Bonchev–Trinajstić information content (AvgIpc) is 2.84. The number of fused-ring (bicyclic) bond motifs is 1. The number of hydrogen-bond acceptors (Lipinski definition) is 3. The fourth-order valence-corrected chi connectivity index (χ4v) is 3.32. The van der Waals surface area contributed by atoms with Crippen LogP contribution in [-0.4, -0.2) is 4.98 Å². The van der Waals surface area contributed by atoms with Crippen molar-refractivity contribution >= 4 is 44.5 Å². The topological polar surface area (TPSA) is 12.9 Å². The number of aromatic nitrogens is 1. The summed E-state index contributed by atoms with van der Waals surface area (Å²) in [5.74, 6) is 0. The van der Waals surface area contributed by atoms with Crippen LogP contribution in [0.5, 0.6) is 0 Å². The van der Waals surface area contributed by atoms with Crippen molar-refractivity contribution in [3.8, 4) is 9.88 Å². The lowest BCUT2D eigenvalue weighted by atomic mass is 10.3. The van der Waals surface area contributed by atoms with E-state index in [4.69, 9.17) is 11.6 Å². The summed E-state index contributed by atoms with van der Waals surface area (Å²) in [4.78, 5) is 5.78. The molecule has 0 fully saturated rings. The van der Waals surface area contributed by atoms with Crippen molar-refractivity contribution < 1.29 is 0 Å². The van der Waals surface area contributed by atoms with Gasteiger partial charge in [-0.15, -0.1) is 22.7 Å². The number of hydrogen-bond donors (Lipinski definition) is 0. The minimum absolute atomic E-state index is 0.741. The summed E-state index contributed by atoms with van der Waals surface area (Å²) in [5.41, 5.74) is 0.982. The van der Waals surface area contributed by atoms with Crippen LogP contribution < -0.4 is 0 Å². The zero-order valence-electron chi connectivity index (χ0n) is 7.61. The van der Waals surface area contributed by atoms with Crippen LogP contribution in [0.4, 0.5) is 0 Å². The summed E-state index contributed by atoms with van der Waals surface area (Å²) in [7, 11) is 0. The van der Waals surface area contributed by atoms with Crippen LogP contribution in [0.2, 0.25) is 5.02 Å². The molecule has 0 saturated carbocycles. The molecule has 1 aromatic carbocycles. The lowest BCUT2D eigenvalue weighted by molar-refractivity contribution is 1.50. The molecule has 2 heterocycles. The lowest BCUT2D eigenvalue weighted by Crippen LogP contribution is -1.69. The molecule has 15 heavy (non-hydrogen) atoms. The second kappa shape index (κ2) is 3.59. The third kappa shape index (κ3) is 1.67.